The van der Waals surface area contributed by atoms with Crippen LogP contribution < -0.4 is 10.1 Å². The standard InChI is InChI=1S/C17H20ClNO3S/c1-21-13-6-3-12(4-7-13)5-10-17(20)19-11-14(22-2)15-8-9-16(18)23-15/h3-4,6-9,14H,5,10-11H2,1-2H3,(H,19,20). The molecule has 1 amide bonds. The summed E-state index contributed by atoms with van der Waals surface area (Å²) in [5.74, 6) is 0.821. The molecule has 2 rings (SSSR count). The summed E-state index contributed by atoms with van der Waals surface area (Å²) in [4.78, 5) is 13.0. The van der Waals surface area contributed by atoms with Crippen LogP contribution in [0.4, 0.5) is 0 Å². The molecule has 1 N–H and O–H groups in total. The predicted molar refractivity (Wildman–Crippen MR) is 93.4 cm³/mol. The number of carbonyl (C=O) groups is 1. The van der Waals surface area contributed by atoms with Crippen LogP contribution >= 0.6 is 22.9 Å². The lowest BCUT2D eigenvalue weighted by molar-refractivity contribution is -0.121. The Hall–Kier alpha value is -1.56. The summed E-state index contributed by atoms with van der Waals surface area (Å²) < 4.78 is 11.2. The van der Waals surface area contributed by atoms with E-state index < -0.39 is 0 Å². The van der Waals surface area contributed by atoms with E-state index in [9.17, 15) is 4.79 Å². The van der Waals surface area contributed by atoms with E-state index in [4.69, 9.17) is 21.1 Å². The van der Waals surface area contributed by atoms with E-state index in [0.29, 0.717) is 23.7 Å². The molecule has 4 nitrogen and oxygen atoms in total. The Morgan fingerprint density at radius 3 is 2.52 bits per heavy atom. The molecule has 1 heterocycles. The Bertz CT molecular complexity index is 627. The molecule has 6 heteroatoms. The number of ether oxygens (including phenoxy) is 2. The topological polar surface area (TPSA) is 47.6 Å². The molecular formula is C17H20ClNO3S. The third-order valence-corrected chi connectivity index (χ3v) is 4.80. The van der Waals surface area contributed by atoms with E-state index in [1.165, 1.54) is 11.3 Å². The number of rotatable bonds is 8. The molecule has 124 valence electrons. The molecule has 0 fully saturated rings. The van der Waals surface area contributed by atoms with Crippen molar-refractivity contribution in [3.8, 4) is 5.75 Å². The van der Waals surface area contributed by atoms with Gasteiger partial charge < -0.3 is 14.8 Å². The van der Waals surface area contributed by atoms with Gasteiger partial charge in [0, 0.05) is 25.0 Å². The van der Waals surface area contributed by atoms with E-state index in [1.54, 1.807) is 14.2 Å². The molecule has 0 spiro atoms. The Kier molecular flexibility index (Phi) is 6.89. The van der Waals surface area contributed by atoms with Crippen LogP contribution in [-0.2, 0) is 16.0 Å². The van der Waals surface area contributed by atoms with E-state index in [1.807, 2.05) is 36.4 Å². The zero-order valence-electron chi connectivity index (χ0n) is 13.2. The molecule has 23 heavy (non-hydrogen) atoms. The molecular weight excluding hydrogens is 334 g/mol. The van der Waals surface area contributed by atoms with Crippen LogP contribution in [0.1, 0.15) is 23.0 Å². The van der Waals surface area contributed by atoms with Crippen LogP contribution in [0.5, 0.6) is 5.75 Å². The normalized spacial score (nSPS) is 12.0. The molecule has 0 aliphatic heterocycles. The van der Waals surface area contributed by atoms with Crippen LogP contribution in [0.2, 0.25) is 4.34 Å². The fourth-order valence-electron chi connectivity index (χ4n) is 2.15. The number of thiophene rings is 1. The first-order valence-electron chi connectivity index (χ1n) is 7.30. The van der Waals surface area contributed by atoms with Crippen molar-refractivity contribution >= 4 is 28.8 Å². The molecule has 0 saturated heterocycles. The van der Waals surface area contributed by atoms with E-state index >= 15 is 0 Å². The van der Waals surface area contributed by atoms with Crippen molar-refractivity contribution in [3.63, 3.8) is 0 Å². The molecule has 0 aliphatic rings. The zero-order chi connectivity index (χ0) is 16.7. The van der Waals surface area contributed by atoms with Gasteiger partial charge in [0.25, 0.3) is 0 Å². The first-order valence-corrected chi connectivity index (χ1v) is 8.49. The van der Waals surface area contributed by atoms with Crippen LogP contribution in [-0.4, -0.2) is 26.7 Å². The number of benzene rings is 1. The second-order valence-electron chi connectivity index (χ2n) is 5.02. The van der Waals surface area contributed by atoms with Crippen molar-refractivity contribution in [2.75, 3.05) is 20.8 Å². The Morgan fingerprint density at radius 2 is 1.96 bits per heavy atom. The average Bonchev–Trinajstić information content (AvgIpc) is 3.00. The minimum absolute atomic E-state index is 0.00511. The SMILES string of the molecule is COc1ccc(CCC(=O)NCC(OC)c2ccc(Cl)s2)cc1. The lowest BCUT2D eigenvalue weighted by Gasteiger charge is -2.14. The maximum Gasteiger partial charge on any atom is 0.220 e. The van der Waals surface area contributed by atoms with Gasteiger partial charge in [0.05, 0.1) is 11.4 Å². The fourth-order valence-corrected chi connectivity index (χ4v) is 3.28. The number of nitrogens with one attached hydrogen (secondary N) is 1. The quantitative estimate of drug-likeness (QED) is 0.784. The summed E-state index contributed by atoms with van der Waals surface area (Å²) in [6, 6.07) is 11.5. The number of hydrogen-bond acceptors (Lipinski definition) is 4. The van der Waals surface area contributed by atoms with Crippen molar-refractivity contribution < 1.29 is 14.3 Å². The summed E-state index contributed by atoms with van der Waals surface area (Å²) in [7, 11) is 3.26. The first kappa shape index (κ1) is 17.8. The molecule has 1 aromatic carbocycles. The van der Waals surface area contributed by atoms with Gasteiger partial charge >= 0.3 is 0 Å². The first-order chi connectivity index (χ1) is 11.1. The van der Waals surface area contributed by atoms with Crippen molar-refractivity contribution in [2.24, 2.45) is 0 Å². The predicted octanol–water partition coefficient (Wildman–Crippen LogP) is 3.85. The number of aryl methyl sites for hydroxylation is 1. The highest BCUT2D eigenvalue weighted by atomic mass is 35.5. The van der Waals surface area contributed by atoms with Gasteiger partial charge in [-0.15, -0.1) is 11.3 Å². The Labute approximate surface area is 145 Å². The minimum atomic E-state index is -0.169. The third kappa shape index (κ3) is 5.53. The third-order valence-electron chi connectivity index (χ3n) is 3.48. The lowest BCUT2D eigenvalue weighted by atomic mass is 10.1. The summed E-state index contributed by atoms with van der Waals surface area (Å²) >= 11 is 7.39. The van der Waals surface area contributed by atoms with Crippen molar-refractivity contribution in [1.29, 1.82) is 0 Å². The second-order valence-corrected chi connectivity index (χ2v) is 6.77. The molecule has 1 atom stereocenters. The van der Waals surface area contributed by atoms with Crippen LogP contribution in [0.15, 0.2) is 36.4 Å². The maximum absolute atomic E-state index is 12.0. The molecule has 1 unspecified atom stereocenters. The smallest absolute Gasteiger partial charge is 0.220 e. The largest absolute Gasteiger partial charge is 0.497 e. The number of hydrogen-bond donors (Lipinski definition) is 1. The fraction of sp³-hybridized carbons (Fsp3) is 0.353. The number of methoxy groups -OCH3 is 2. The monoisotopic (exact) mass is 353 g/mol. The van der Waals surface area contributed by atoms with Gasteiger partial charge in [0.2, 0.25) is 5.91 Å². The van der Waals surface area contributed by atoms with Gasteiger partial charge in [-0.3, -0.25) is 4.79 Å². The van der Waals surface area contributed by atoms with Gasteiger partial charge in [0.15, 0.2) is 0 Å². The highest BCUT2D eigenvalue weighted by Gasteiger charge is 2.14. The van der Waals surface area contributed by atoms with Crippen molar-refractivity contribution in [2.45, 2.75) is 18.9 Å². The molecule has 1 aromatic heterocycles. The molecule has 0 saturated carbocycles. The highest BCUT2D eigenvalue weighted by molar-refractivity contribution is 7.16. The summed E-state index contributed by atoms with van der Waals surface area (Å²) in [6.45, 7) is 0.439. The minimum Gasteiger partial charge on any atom is -0.497 e. The van der Waals surface area contributed by atoms with Crippen LogP contribution in [0.3, 0.4) is 0 Å². The van der Waals surface area contributed by atoms with Gasteiger partial charge in [-0.25, -0.2) is 0 Å². The summed E-state index contributed by atoms with van der Waals surface area (Å²) in [6.07, 6.45) is 0.962. The lowest BCUT2D eigenvalue weighted by Crippen LogP contribution is -2.29. The molecule has 2 aromatic rings. The van der Waals surface area contributed by atoms with E-state index in [-0.39, 0.29) is 12.0 Å². The van der Waals surface area contributed by atoms with E-state index in [2.05, 4.69) is 5.32 Å². The van der Waals surface area contributed by atoms with Gasteiger partial charge in [-0.05, 0) is 36.2 Å². The molecule has 0 radical (unpaired) electrons. The number of carbonyl (C=O) groups excluding carboxylic acids is 1. The zero-order valence-corrected chi connectivity index (χ0v) is 14.7. The van der Waals surface area contributed by atoms with Gasteiger partial charge in [-0.2, -0.15) is 0 Å². The Morgan fingerprint density at radius 1 is 1.22 bits per heavy atom. The van der Waals surface area contributed by atoms with Gasteiger partial charge in [-0.1, -0.05) is 23.7 Å². The maximum atomic E-state index is 12.0. The summed E-state index contributed by atoms with van der Waals surface area (Å²) in [5.41, 5.74) is 1.11. The van der Waals surface area contributed by atoms with Crippen LogP contribution in [0, 0.1) is 0 Å². The number of halogens is 1. The molecule has 0 aliphatic carbocycles. The van der Waals surface area contributed by atoms with Crippen molar-refractivity contribution in [1.82, 2.24) is 5.32 Å². The summed E-state index contributed by atoms with van der Waals surface area (Å²) in [5, 5.41) is 2.91. The average molecular weight is 354 g/mol. The van der Waals surface area contributed by atoms with Crippen molar-refractivity contribution in [3.05, 3.63) is 51.2 Å². The van der Waals surface area contributed by atoms with Crippen LogP contribution in [0.25, 0.3) is 0 Å². The van der Waals surface area contributed by atoms with E-state index in [0.717, 1.165) is 16.2 Å². The molecule has 0 bridgehead atoms. The van der Waals surface area contributed by atoms with Gasteiger partial charge in [0.1, 0.15) is 11.9 Å². The Balaban J connectivity index is 1.77. The number of amides is 1. The second kappa shape index (κ2) is 8.91. The highest BCUT2D eigenvalue weighted by Crippen LogP contribution is 2.28.